The van der Waals surface area contributed by atoms with Crippen molar-refractivity contribution in [3.05, 3.63) is 29.8 Å². The molecule has 1 aromatic rings. The minimum atomic E-state index is -0.163. The van der Waals surface area contributed by atoms with Gasteiger partial charge in [0.15, 0.2) is 6.04 Å². The Morgan fingerprint density at radius 1 is 1.33 bits per heavy atom. The Labute approximate surface area is 145 Å². The highest BCUT2D eigenvalue weighted by atomic mass is 16.2. The average molecular weight is 332 g/mol. The van der Waals surface area contributed by atoms with Gasteiger partial charge < -0.3 is 15.1 Å². The van der Waals surface area contributed by atoms with E-state index < -0.39 is 0 Å². The Balaban J connectivity index is 1.85. The van der Waals surface area contributed by atoms with Crippen LogP contribution in [0.1, 0.15) is 32.3 Å². The maximum atomic E-state index is 12.6. The number of benzene rings is 1. The van der Waals surface area contributed by atoms with Crippen molar-refractivity contribution in [2.24, 2.45) is 5.92 Å². The number of carbonyl (C=O) groups excluding carboxylic acids is 2. The number of likely N-dealkylation sites (N-methyl/N-ethyl adjacent to an activating group) is 1. The van der Waals surface area contributed by atoms with E-state index in [1.54, 1.807) is 11.9 Å². The van der Waals surface area contributed by atoms with Crippen molar-refractivity contribution in [1.29, 1.82) is 0 Å². The van der Waals surface area contributed by atoms with E-state index in [0.29, 0.717) is 5.92 Å². The van der Waals surface area contributed by atoms with E-state index in [4.69, 9.17) is 0 Å². The molecule has 2 N–H and O–H groups in total. The summed E-state index contributed by atoms with van der Waals surface area (Å²) in [6, 6.07) is 7.55. The highest BCUT2D eigenvalue weighted by Gasteiger charge is 2.31. The van der Waals surface area contributed by atoms with Crippen LogP contribution in [0.3, 0.4) is 0 Å². The van der Waals surface area contributed by atoms with Gasteiger partial charge in [-0.1, -0.05) is 24.6 Å². The second-order valence-corrected chi connectivity index (χ2v) is 7.19. The molecule has 1 fully saturated rings. The number of likely N-dealkylation sites (tertiary alicyclic amines) is 1. The van der Waals surface area contributed by atoms with Gasteiger partial charge in [0.25, 0.3) is 5.91 Å². The van der Waals surface area contributed by atoms with Crippen LogP contribution in [-0.4, -0.2) is 49.4 Å². The summed E-state index contributed by atoms with van der Waals surface area (Å²) in [5.74, 6) is 0.543. The molecule has 0 aliphatic carbocycles. The van der Waals surface area contributed by atoms with E-state index in [1.165, 1.54) is 17.7 Å². The second kappa shape index (κ2) is 8.29. The largest absolute Gasteiger partial charge is 0.331 e. The van der Waals surface area contributed by atoms with Crippen molar-refractivity contribution >= 4 is 17.5 Å². The van der Waals surface area contributed by atoms with Gasteiger partial charge in [-0.15, -0.1) is 0 Å². The first-order chi connectivity index (χ1) is 11.4. The Morgan fingerprint density at radius 2 is 2.00 bits per heavy atom. The van der Waals surface area contributed by atoms with Crippen LogP contribution in [0.15, 0.2) is 24.3 Å². The van der Waals surface area contributed by atoms with Gasteiger partial charge in [-0.3, -0.25) is 9.59 Å². The zero-order valence-electron chi connectivity index (χ0n) is 15.3. The van der Waals surface area contributed by atoms with Crippen LogP contribution in [0.4, 0.5) is 5.69 Å². The quantitative estimate of drug-likeness (QED) is 0.848. The van der Waals surface area contributed by atoms with E-state index in [2.05, 4.69) is 12.2 Å². The molecule has 1 unspecified atom stereocenters. The molecule has 0 spiro atoms. The molecule has 1 aliphatic heterocycles. The van der Waals surface area contributed by atoms with Crippen LogP contribution in [0.5, 0.6) is 0 Å². The molecule has 1 heterocycles. The lowest BCUT2D eigenvalue weighted by molar-refractivity contribution is -0.922. The molecule has 1 saturated heterocycles. The average Bonchev–Trinajstić information content (AvgIpc) is 2.55. The zero-order valence-corrected chi connectivity index (χ0v) is 15.3. The van der Waals surface area contributed by atoms with Gasteiger partial charge in [-0.2, -0.15) is 0 Å². The summed E-state index contributed by atoms with van der Waals surface area (Å²) in [6.45, 7) is 8.39. The predicted octanol–water partition coefficient (Wildman–Crippen LogP) is 1.10. The van der Waals surface area contributed by atoms with E-state index >= 15 is 0 Å². The summed E-state index contributed by atoms with van der Waals surface area (Å²) >= 11 is 0. The van der Waals surface area contributed by atoms with Gasteiger partial charge >= 0.3 is 0 Å². The first-order valence-electron chi connectivity index (χ1n) is 8.83. The number of piperidine rings is 1. The number of amides is 2. The molecule has 3 atom stereocenters. The van der Waals surface area contributed by atoms with Crippen molar-refractivity contribution in [2.45, 2.75) is 39.7 Å². The molecule has 0 saturated carbocycles. The molecule has 1 aromatic carbocycles. The highest BCUT2D eigenvalue weighted by Crippen LogP contribution is 2.09. The molecule has 2 amide bonds. The number of hydrogen-bond acceptors (Lipinski definition) is 2. The molecule has 5 heteroatoms. The lowest BCUT2D eigenvalue weighted by atomic mass is 9.99. The summed E-state index contributed by atoms with van der Waals surface area (Å²) in [5.41, 5.74) is 1.91. The third-order valence-corrected chi connectivity index (χ3v) is 4.88. The van der Waals surface area contributed by atoms with Gasteiger partial charge in [0.05, 0.1) is 19.6 Å². The van der Waals surface area contributed by atoms with Crippen molar-refractivity contribution in [3.8, 4) is 0 Å². The Morgan fingerprint density at radius 3 is 2.62 bits per heavy atom. The Kier molecular flexibility index (Phi) is 6.37. The summed E-state index contributed by atoms with van der Waals surface area (Å²) in [6.07, 6.45) is 2.42. The number of carbonyl (C=O) groups is 2. The summed E-state index contributed by atoms with van der Waals surface area (Å²) < 4.78 is 0. The minimum absolute atomic E-state index is 0.0400. The highest BCUT2D eigenvalue weighted by molar-refractivity contribution is 5.94. The molecule has 0 radical (unpaired) electrons. The molecule has 2 rings (SSSR count). The van der Waals surface area contributed by atoms with Gasteiger partial charge in [0.2, 0.25) is 5.91 Å². The first-order valence-corrected chi connectivity index (χ1v) is 8.83. The molecule has 0 aromatic heterocycles. The SMILES string of the molecule is Cc1ccc(NC(=O)CN(C)C(=O)[C@@H](C)[NH+]2CCC[C@H](C)C2)cc1. The van der Waals surface area contributed by atoms with Crippen molar-refractivity contribution in [2.75, 3.05) is 32.0 Å². The molecule has 132 valence electrons. The summed E-state index contributed by atoms with van der Waals surface area (Å²) in [4.78, 5) is 27.6. The van der Waals surface area contributed by atoms with E-state index in [0.717, 1.165) is 24.3 Å². The lowest BCUT2D eigenvalue weighted by Gasteiger charge is -2.33. The number of aryl methyl sites for hydroxylation is 1. The lowest BCUT2D eigenvalue weighted by Crippen LogP contribution is -3.18. The number of rotatable bonds is 5. The van der Waals surface area contributed by atoms with E-state index in [-0.39, 0.29) is 24.4 Å². The van der Waals surface area contributed by atoms with Crippen LogP contribution in [-0.2, 0) is 9.59 Å². The van der Waals surface area contributed by atoms with Crippen molar-refractivity contribution < 1.29 is 14.5 Å². The number of nitrogens with zero attached hydrogens (tertiary/aromatic N) is 1. The monoisotopic (exact) mass is 332 g/mol. The van der Waals surface area contributed by atoms with Gasteiger partial charge in [0.1, 0.15) is 0 Å². The summed E-state index contributed by atoms with van der Waals surface area (Å²) in [5, 5.41) is 2.84. The second-order valence-electron chi connectivity index (χ2n) is 7.19. The van der Waals surface area contributed by atoms with Crippen LogP contribution >= 0.6 is 0 Å². The topological polar surface area (TPSA) is 53.9 Å². The minimum Gasteiger partial charge on any atom is -0.331 e. The van der Waals surface area contributed by atoms with Crippen molar-refractivity contribution in [1.82, 2.24) is 4.90 Å². The zero-order chi connectivity index (χ0) is 17.7. The fourth-order valence-corrected chi connectivity index (χ4v) is 3.36. The van der Waals surface area contributed by atoms with Gasteiger partial charge in [-0.25, -0.2) is 0 Å². The number of hydrogen-bond donors (Lipinski definition) is 2. The standard InChI is InChI=1S/C19H29N3O2/c1-14-7-9-17(10-8-14)20-18(23)13-21(4)19(24)16(3)22-11-5-6-15(2)12-22/h7-10,15-16H,5-6,11-13H2,1-4H3,(H,20,23)/p+1/t15-,16+/m0/s1. The van der Waals surface area contributed by atoms with Gasteiger partial charge in [-0.05, 0) is 38.8 Å². The van der Waals surface area contributed by atoms with Crippen LogP contribution in [0.25, 0.3) is 0 Å². The smallest absolute Gasteiger partial charge is 0.280 e. The molecular formula is C19H30N3O2+. The Bertz CT molecular complexity index is 570. The molecule has 0 bridgehead atoms. The van der Waals surface area contributed by atoms with Crippen LogP contribution in [0, 0.1) is 12.8 Å². The van der Waals surface area contributed by atoms with Crippen molar-refractivity contribution in [3.63, 3.8) is 0 Å². The maximum absolute atomic E-state index is 12.6. The normalized spacial score (nSPS) is 21.8. The number of quaternary nitrogens is 1. The summed E-state index contributed by atoms with van der Waals surface area (Å²) in [7, 11) is 1.71. The number of nitrogens with one attached hydrogen (secondary N) is 2. The number of anilines is 1. The molecule has 1 aliphatic rings. The maximum Gasteiger partial charge on any atom is 0.280 e. The van der Waals surface area contributed by atoms with Gasteiger partial charge in [0, 0.05) is 18.7 Å². The van der Waals surface area contributed by atoms with E-state index in [9.17, 15) is 9.59 Å². The molecule has 5 nitrogen and oxygen atoms in total. The fourth-order valence-electron chi connectivity index (χ4n) is 3.36. The first kappa shape index (κ1) is 18.5. The predicted molar refractivity (Wildman–Crippen MR) is 96.0 cm³/mol. The fraction of sp³-hybridized carbons (Fsp3) is 0.579. The molecule has 24 heavy (non-hydrogen) atoms. The van der Waals surface area contributed by atoms with E-state index in [1.807, 2.05) is 38.1 Å². The van der Waals surface area contributed by atoms with Crippen LogP contribution in [0.2, 0.25) is 0 Å². The Hall–Kier alpha value is -1.88. The third-order valence-electron chi connectivity index (χ3n) is 4.88. The molecular weight excluding hydrogens is 302 g/mol. The van der Waals surface area contributed by atoms with Crippen LogP contribution < -0.4 is 10.2 Å². The third kappa shape index (κ3) is 5.06.